The summed E-state index contributed by atoms with van der Waals surface area (Å²) in [6.45, 7) is 0.667. The zero-order valence-corrected chi connectivity index (χ0v) is 3.20. The molecule has 0 unspecified atom stereocenters. The van der Waals surface area contributed by atoms with Crippen molar-refractivity contribution in [2.24, 2.45) is 10.2 Å². The Kier molecular flexibility index (Phi) is 0.813. The summed E-state index contributed by atoms with van der Waals surface area (Å²) in [5.41, 5.74) is 0. The van der Waals surface area contributed by atoms with E-state index in [9.17, 15) is 0 Å². The Bertz CT molecular complexity index is 63.2. The van der Waals surface area contributed by atoms with Crippen molar-refractivity contribution in [1.29, 1.82) is 0 Å². The van der Waals surface area contributed by atoms with E-state index in [0.29, 0.717) is 13.3 Å². The Morgan fingerprint density at radius 3 is 2.00 bits per heavy atom. The van der Waals surface area contributed by atoms with Gasteiger partial charge in [-0.05, 0) is 0 Å². The van der Waals surface area contributed by atoms with Gasteiger partial charge < -0.3 is 5.21 Å². The van der Waals surface area contributed by atoms with Crippen LogP contribution >= 0.6 is 0 Å². The molecule has 0 fully saturated rings. The van der Waals surface area contributed by atoms with E-state index in [4.69, 9.17) is 5.21 Å². The van der Waals surface area contributed by atoms with Crippen molar-refractivity contribution >= 4 is 0 Å². The zero-order chi connectivity index (χ0) is 4.41. The Morgan fingerprint density at radius 1 is 1.33 bits per heavy atom. The van der Waals surface area contributed by atoms with Crippen molar-refractivity contribution in [3.63, 3.8) is 0 Å². The molecule has 0 spiro atoms. The highest BCUT2D eigenvalue weighted by molar-refractivity contribution is 4.41. The third-order valence-electron chi connectivity index (χ3n) is 0.553. The van der Waals surface area contributed by atoms with Crippen LogP contribution in [0.3, 0.4) is 0 Å². The van der Waals surface area contributed by atoms with Crippen LogP contribution in [0.1, 0.15) is 0 Å². The second kappa shape index (κ2) is 1.32. The molecule has 4 heteroatoms. The van der Waals surface area contributed by atoms with E-state index in [-0.39, 0.29) is 0 Å². The first-order valence-electron chi connectivity index (χ1n) is 1.66. The maximum absolute atomic E-state index is 8.38. The number of hydrogen-bond acceptors (Lipinski definition) is 4. The van der Waals surface area contributed by atoms with Crippen LogP contribution in [0.25, 0.3) is 0 Å². The number of nitrogens with zero attached hydrogens (tertiary/aromatic N) is 3. The minimum atomic E-state index is 0.333. The van der Waals surface area contributed by atoms with Crippen LogP contribution in [0.15, 0.2) is 10.2 Å². The zero-order valence-electron chi connectivity index (χ0n) is 3.20. The molecule has 4 nitrogen and oxygen atoms in total. The van der Waals surface area contributed by atoms with Crippen molar-refractivity contribution in [1.82, 2.24) is 5.06 Å². The van der Waals surface area contributed by atoms with Gasteiger partial charge >= 0.3 is 0 Å². The predicted molar refractivity (Wildman–Crippen MR) is 18.2 cm³/mol. The molecular weight excluding hydrogens is 82.0 g/mol. The molecule has 0 aliphatic carbocycles. The van der Waals surface area contributed by atoms with E-state index in [1.165, 1.54) is 0 Å². The predicted octanol–water partition coefficient (Wildman–Crippen LogP) is 0.0584. The van der Waals surface area contributed by atoms with Gasteiger partial charge in [0.15, 0.2) is 0 Å². The number of hydrogen-bond donors (Lipinski definition) is 1. The molecule has 0 aromatic heterocycles. The van der Waals surface area contributed by atoms with Crippen LogP contribution in [0.4, 0.5) is 0 Å². The van der Waals surface area contributed by atoms with Gasteiger partial charge in [0.05, 0.1) is 0 Å². The molecule has 0 saturated carbocycles. The standard InChI is InChI=1S/C2H5N3O/c6-5-1-3-4-2-5/h6H,1-2H2. The van der Waals surface area contributed by atoms with E-state index < -0.39 is 0 Å². The summed E-state index contributed by atoms with van der Waals surface area (Å²) in [5, 5.41) is 16.3. The highest BCUT2D eigenvalue weighted by atomic mass is 16.5. The van der Waals surface area contributed by atoms with Gasteiger partial charge in [-0.2, -0.15) is 10.2 Å². The number of hydroxylamine groups is 2. The van der Waals surface area contributed by atoms with Crippen LogP contribution in [0.2, 0.25) is 0 Å². The van der Waals surface area contributed by atoms with Gasteiger partial charge in [-0.3, -0.25) is 0 Å². The lowest BCUT2D eigenvalue weighted by Crippen LogP contribution is -2.12. The topological polar surface area (TPSA) is 48.2 Å². The molecule has 0 aromatic rings. The van der Waals surface area contributed by atoms with Crippen LogP contribution in [0.5, 0.6) is 0 Å². The molecule has 1 aliphatic rings. The first kappa shape index (κ1) is 3.70. The first-order chi connectivity index (χ1) is 2.89. The fourth-order valence-electron chi connectivity index (χ4n) is 0.280. The average Bonchev–Trinajstić information content (AvgIpc) is 1.86. The summed E-state index contributed by atoms with van der Waals surface area (Å²) in [7, 11) is 0. The molecule has 1 heterocycles. The largest absolute Gasteiger partial charge is 0.310 e. The number of rotatable bonds is 0. The van der Waals surface area contributed by atoms with E-state index in [1.54, 1.807) is 0 Å². The van der Waals surface area contributed by atoms with E-state index >= 15 is 0 Å². The van der Waals surface area contributed by atoms with Gasteiger partial charge in [0.25, 0.3) is 0 Å². The Morgan fingerprint density at radius 2 is 1.83 bits per heavy atom. The van der Waals surface area contributed by atoms with Gasteiger partial charge in [-0.15, -0.1) is 5.06 Å². The molecule has 6 heavy (non-hydrogen) atoms. The Balaban J connectivity index is 2.32. The van der Waals surface area contributed by atoms with E-state index in [0.717, 1.165) is 5.06 Å². The summed E-state index contributed by atoms with van der Waals surface area (Å²) in [4.78, 5) is 0. The maximum Gasteiger partial charge on any atom is 0.137 e. The van der Waals surface area contributed by atoms with Gasteiger partial charge in [-0.25, -0.2) is 0 Å². The van der Waals surface area contributed by atoms with Gasteiger partial charge in [0.2, 0.25) is 0 Å². The van der Waals surface area contributed by atoms with Gasteiger partial charge in [0.1, 0.15) is 13.3 Å². The second-order valence-corrected chi connectivity index (χ2v) is 1.07. The molecule has 0 bridgehead atoms. The lowest BCUT2D eigenvalue weighted by Gasteiger charge is -1.95. The molecule has 1 rings (SSSR count). The summed E-state index contributed by atoms with van der Waals surface area (Å²) < 4.78 is 0. The molecule has 1 aliphatic heterocycles. The minimum Gasteiger partial charge on any atom is -0.310 e. The molecule has 34 valence electrons. The summed E-state index contributed by atoms with van der Waals surface area (Å²) in [5.74, 6) is 0. The fourth-order valence-corrected chi connectivity index (χ4v) is 0.280. The second-order valence-electron chi connectivity index (χ2n) is 1.07. The SMILES string of the molecule is ON1CN=NC1. The highest BCUT2D eigenvalue weighted by Crippen LogP contribution is 1.91. The normalized spacial score (nSPS) is 22.8. The van der Waals surface area contributed by atoms with Crippen molar-refractivity contribution in [3.05, 3.63) is 0 Å². The van der Waals surface area contributed by atoms with Gasteiger partial charge in [0, 0.05) is 0 Å². The van der Waals surface area contributed by atoms with E-state index in [1.807, 2.05) is 0 Å². The molecule has 1 N–H and O–H groups in total. The van der Waals surface area contributed by atoms with Crippen LogP contribution in [0, 0.1) is 0 Å². The van der Waals surface area contributed by atoms with Crippen LogP contribution in [-0.2, 0) is 0 Å². The molecule has 0 aromatic carbocycles. The minimum absolute atomic E-state index is 0.333. The van der Waals surface area contributed by atoms with Crippen molar-refractivity contribution < 1.29 is 5.21 Å². The van der Waals surface area contributed by atoms with Crippen LogP contribution in [-0.4, -0.2) is 23.6 Å². The lowest BCUT2D eigenvalue weighted by atomic mass is 11.0. The average molecular weight is 87.1 g/mol. The summed E-state index contributed by atoms with van der Waals surface area (Å²) >= 11 is 0. The number of azo groups is 1. The van der Waals surface area contributed by atoms with Crippen molar-refractivity contribution in [3.8, 4) is 0 Å². The maximum atomic E-state index is 8.38. The van der Waals surface area contributed by atoms with Crippen molar-refractivity contribution in [2.75, 3.05) is 13.3 Å². The third-order valence-corrected chi connectivity index (χ3v) is 0.553. The molecule has 0 amide bonds. The van der Waals surface area contributed by atoms with Gasteiger partial charge in [-0.1, -0.05) is 0 Å². The lowest BCUT2D eigenvalue weighted by molar-refractivity contribution is -0.0717. The molecule has 0 radical (unpaired) electrons. The smallest absolute Gasteiger partial charge is 0.137 e. The molecule has 0 saturated heterocycles. The monoisotopic (exact) mass is 87.0 g/mol. The highest BCUT2D eigenvalue weighted by Gasteiger charge is 2.00. The Hall–Kier alpha value is -0.480. The molecule has 0 atom stereocenters. The van der Waals surface area contributed by atoms with Crippen LogP contribution < -0.4 is 0 Å². The first-order valence-corrected chi connectivity index (χ1v) is 1.66. The summed E-state index contributed by atoms with van der Waals surface area (Å²) in [6, 6.07) is 0. The third kappa shape index (κ3) is 0.526. The Labute approximate surface area is 35.1 Å². The van der Waals surface area contributed by atoms with Crippen molar-refractivity contribution in [2.45, 2.75) is 0 Å². The quantitative estimate of drug-likeness (QED) is 0.454. The van der Waals surface area contributed by atoms with E-state index in [2.05, 4.69) is 10.2 Å². The molecular formula is C2H5N3O. The fraction of sp³-hybridized carbons (Fsp3) is 1.00. The summed E-state index contributed by atoms with van der Waals surface area (Å²) in [6.07, 6.45) is 0.